The van der Waals surface area contributed by atoms with E-state index < -0.39 is 21.3 Å². The number of alkyl carbamates (subject to hydrolysis) is 1. The molecule has 1 saturated carbocycles. The Labute approximate surface area is 272 Å². The summed E-state index contributed by atoms with van der Waals surface area (Å²) >= 11 is 0. The molecule has 6 rings (SSSR count). The minimum Gasteiger partial charge on any atom is -0.453 e. The lowest BCUT2D eigenvalue weighted by Crippen LogP contribution is -2.60. The predicted octanol–water partition coefficient (Wildman–Crippen LogP) is 4.78. The van der Waals surface area contributed by atoms with Crippen molar-refractivity contribution in [3.8, 4) is 6.07 Å². The molecule has 2 aliphatic heterocycles. The minimum atomic E-state index is -3.59. The van der Waals surface area contributed by atoms with Crippen LogP contribution in [0.4, 0.5) is 10.5 Å². The molecule has 2 aromatic carbocycles. The van der Waals surface area contributed by atoms with Gasteiger partial charge in [-0.2, -0.15) is 10.4 Å². The molecule has 46 heavy (non-hydrogen) atoms. The zero-order valence-electron chi connectivity index (χ0n) is 26.9. The second-order valence-corrected chi connectivity index (χ2v) is 15.6. The SMILES string of the molecule is COC(=O)N[C@H]1CCC[C@@H]1C(C#N)(c1ccccc1)C1CCN(CC2(C)CN(c3ccc(S(=O)(=O)c4cnn(C)c4)cc3)C2)CC1. The molecule has 0 bridgehead atoms. The number of benzene rings is 2. The van der Waals surface area contributed by atoms with Gasteiger partial charge in [-0.15, -0.1) is 0 Å². The average molecular weight is 645 g/mol. The molecule has 1 unspecified atom stereocenters. The maximum Gasteiger partial charge on any atom is 0.407 e. The van der Waals surface area contributed by atoms with Crippen LogP contribution in [0.3, 0.4) is 0 Å². The van der Waals surface area contributed by atoms with Gasteiger partial charge in [0, 0.05) is 55.9 Å². The first-order valence-electron chi connectivity index (χ1n) is 16.2. The number of carbonyl (C=O) groups is 1. The lowest BCUT2D eigenvalue weighted by molar-refractivity contribution is 0.0691. The fourth-order valence-electron chi connectivity index (χ4n) is 8.35. The summed E-state index contributed by atoms with van der Waals surface area (Å²) < 4.78 is 32.3. The monoisotopic (exact) mass is 644 g/mol. The molecule has 3 heterocycles. The standard InChI is InChI=1S/C35H44N6O4S/c1-34(24-41(25-34)28-12-14-29(15-13-28)46(43,44)30-20-37-39(2)21-30)23-40-18-16-27(17-19-40)35(22-36,26-8-5-4-6-9-26)31-10-7-11-32(31)38-33(42)45-3/h4-6,8-9,12-15,20-21,27,31-32H,7,10-11,16-19,23-25H2,1-3H3,(H,38,42)/t31-,32-,35?/m0/s1. The van der Waals surface area contributed by atoms with Gasteiger partial charge in [-0.25, -0.2) is 13.2 Å². The van der Waals surface area contributed by atoms with Crippen molar-refractivity contribution in [1.29, 1.82) is 5.26 Å². The number of aromatic nitrogens is 2. The smallest absolute Gasteiger partial charge is 0.407 e. The van der Waals surface area contributed by atoms with Crippen LogP contribution < -0.4 is 10.2 Å². The number of hydrogen-bond donors (Lipinski definition) is 1. The lowest BCUT2D eigenvalue weighted by atomic mass is 9.59. The summed E-state index contributed by atoms with van der Waals surface area (Å²) in [6.45, 7) is 6.96. The summed E-state index contributed by atoms with van der Waals surface area (Å²) in [6.07, 6.45) is 7.05. The molecule has 3 fully saturated rings. The number of rotatable bonds is 9. The zero-order valence-corrected chi connectivity index (χ0v) is 27.7. The first kappa shape index (κ1) is 32.1. The van der Waals surface area contributed by atoms with Crippen LogP contribution in [0.5, 0.6) is 0 Å². The van der Waals surface area contributed by atoms with Gasteiger partial charge in [-0.3, -0.25) is 4.68 Å². The number of anilines is 1. The van der Waals surface area contributed by atoms with Crippen LogP contribution in [0.25, 0.3) is 0 Å². The third-order valence-corrected chi connectivity index (χ3v) is 12.2. The molecule has 1 amide bonds. The Hall–Kier alpha value is -3.88. The average Bonchev–Trinajstić information content (AvgIpc) is 3.71. The molecule has 10 nitrogen and oxygen atoms in total. The normalized spacial score (nSPS) is 23.2. The highest BCUT2D eigenvalue weighted by atomic mass is 32.2. The topological polar surface area (TPSA) is 121 Å². The first-order valence-corrected chi connectivity index (χ1v) is 17.7. The van der Waals surface area contributed by atoms with Gasteiger partial charge in [0.05, 0.1) is 29.7 Å². The minimum absolute atomic E-state index is 0.0268. The summed E-state index contributed by atoms with van der Waals surface area (Å²) in [5, 5.41) is 18.0. The third-order valence-electron chi connectivity index (χ3n) is 10.5. The first-order chi connectivity index (χ1) is 22.1. The van der Waals surface area contributed by atoms with Gasteiger partial charge < -0.3 is 19.9 Å². The van der Waals surface area contributed by atoms with Crippen LogP contribution in [-0.4, -0.2) is 75.1 Å². The molecule has 3 atom stereocenters. The molecular formula is C35H44N6O4S. The molecule has 0 spiro atoms. The van der Waals surface area contributed by atoms with E-state index in [2.05, 4.69) is 45.3 Å². The quantitative estimate of drug-likeness (QED) is 0.354. The Bertz CT molecular complexity index is 1670. The fourth-order valence-corrected chi connectivity index (χ4v) is 9.59. The molecule has 1 aromatic heterocycles. The highest BCUT2D eigenvalue weighted by molar-refractivity contribution is 7.91. The number of carbonyl (C=O) groups excluding carboxylic acids is 1. The molecule has 3 aromatic rings. The Kier molecular flexibility index (Phi) is 8.87. The van der Waals surface area contributed by atoms with Crippen LogP contribution in [0.15, 0.2) is 76.8 Å². The number of sulfone groups is 1. The van der Waals surface area contributed by atoms with E-state index in [4.69, 9.17) is 4.74 Å². The molecule has 1 N–H and O–H groups in total. The van der Waals surface area contributed by atoms with Gasteiger partial charge in [0.25, 0.3) is 0 Å². The molecule has 1 aliphatic carbocycles. The van der Waals surface area contributed by atoms with E-state index >= 15 is 0 Å². The van der Waals surface area contributed by atoms with Gasteiger partial charge in [-0.1, -0.05) is 43.7 Å². The molecule has 2 saturated heterocycles. The molecule has 244 valence electrons. The molecule has 3 aliphatic rings. The molecule has 11 heteroatoms. The zero-order chi connectivity index (χ0) is 32.5. The number of hydrogen-bond acceptors (Lipinski definition) is 8. The van der Waals surface area contributed by atoms with Crippen LogP contribution >= 0.6 is 0 Å². The van der Waals surface area contributed by atoms with Crippen molar-refractivity contribution >= 4 is 21.6 Å². The van der Waals surface area contributed by atoms with E-state index in [1.165, 1.54) is 24.2 Å². The largest absolute Gasteiger partial charge is 0.453 e. The van der Waals surface area contributed by atoms with Crippen molar-refractivity contribution in [3.63, 3.8) is 0 Å². The van der Waals surface area contributed by atoms with Crippen molar-refractivity contribution in [3.05, 3.63) is 72.6 Å². The van der Waals surface area contributed by atoms with Crippen LogP contribution in [0.2, 0.25) is 0 Å². The maximum absolute atomic E-state index is 13.0. The van der Waals surface area contributed by atoms with E-state index in [1.807, 2.05) is 30.3 Å². The summed E-state index contributed by atoms with van der Waals surface area (Å²) in [6, 6.07) is 20.1. The second-order valence-electron chi connectivity index (χ2n) is 13.7. The lowest BCUT2D eigenvalue weighted by Gasteiger charge is -2.53. The Morgan fingerprint density at radius 2 is 1.76 bits per heavy atom. The van der Waals surface area contributed by atoms with Gasteiger partial charge >= 0.3 is 6.09 Å². The van der Waals surface area contributed by atoms with Gasteiger partial charge in [0.15, 0.2) is 0 Å². The van der Waals surface area contributed by atoms with Crippen LogP contribution in [-0.2, 0) is 27.0 Å². The number of amides is 1. The van der Waals surface area contributed by atoms with Crippen molar-refractivity contribution < 1.29 is 17.9 Å². The fraction of sp³-hybridized carbons (Fsp3) is 0.514. The second kappa shape index (κ2) is 12.7. The Morgan fingerprint density at radius 1 is 1.07 bits per heavy atom. The number of ether oxygens (including phenoxy) is 1. The van der Waals surface area contributed by atoms with Gasteiger partial charge in [0.2, 0.25) is 9.84 Å². The predicted molar refractivity (Wildman–Crippen MR) is 175 cm³/mol. The summed E-state index contributed by atoms with van der Waals surface area (Å²) in [5.41, 5.74) is 1.53. The number of methoxy groups -OCH3 is 1. The van der Waals surface area contributed by atoms with Crippen molar-refractivity contribution in [2.75, 3.05) is 44.7 Å². The van der Waals surface area contributed by atoms with Crippen molar-refractivity contribution in [2.45, 2.75) is 60.3 Å². The van der Waals surface area contributed by atoms with E-state index in [1.54, 1.807) is 19.2 Å². The number of piperidine rings is 1. The highest BCUT2D eigenvalue weighted by Gasteiger charge is 2.53. The summed E-state index contributed by atoms with van der Waals surface area (Å²) in [7, 11) is -0.505. The Balaban J connectivity index is 1.09. The van der Waals surface area contributed by atoms with E-state index in [0.29, 0.717) is 0 Å². The van der Waals surface area contributed by atoms with Crippen molar-refractivity contribution in [1.82, 2.24) is 20.0 Å². The van der Waals surface area contributed by atoms with Gasteiger partial charge in [-0.05, 0) is 74.5 Å². The maximum atomic E-state index is 13.0. The molecular weight excluding hydrogens is 600 g/mol. The molecule has 0 radical (unpaired) electrons. The van der Waals surface area contributed by atoms with Gasteiger partial charge in [0.1, 0.15) is 4.90 Å². The van der Waals surface area contributed by atoms with E-state index in [9.17, 15) is 18.5 Å². The van der Waals surface area contributed by atoms with Crippen LogP contribution in [0, 0.1) is 28.6 Å². The summed E-state index contributed by atoms with van der Waals surface area (Å²) in [4.78, 5) is 17.5. The summed E-state index contributed by atoms with van der Waals surface area (Å²) in [5.74, 6) is 0.215. The van der Waals surface area contributed by atoms with Crippen molar-refractivity contribution in [2.24, 2.45) is 24.3 Å². The van der Waals surface area contributed by atoms with E-state index in [-0.39, 0.29) is 33.1 Å². The third kappa shape index (κ3) is 6.00. The number of likely N-dealkylation sites (tertiary alicyclic amines) is 1. The number of nitrogens with zero attached hydrogens (tertiary/aromatic N) is 5. The van der Waals surface area contributed by atoms with E-state index in [0.717, 1.165) is 76.1 Å². The Morgan fingerprint density at radius 3 is 2.37 bits per heavy atom. The van der Waals surface area contributed by atoms with Crippen LogP contribution in [0.1, 0.15) is 44.6 Å². The number of nitrogens with one attached hydrogen (secondary N) is 1. The highest BCUT2D eigenvalue weighted by Crippen LogP contribution is 2.50. The number of nitriles is 1. The number of aryl methyl sites for hydroxylation is 1.